The fourth-order valence-corrected chi connectivity index (χ4v) is 1.84. The van der Waals surface area contributed by atoms with Crippen molar-refractivity contribution in [3.05, 3.63) is 11.8 Å². The maximum atomic E-state index is 12.0. The second kappa shape index (κ2) is 1.40. The molecule has 0 aromatic rings. The molecule has 1 heterocycles. The Bertz CT molecular complexity index is 97.9. The molecule has 0 bridgehead atoms. The molecule has 0 aromatic heterocycles. The summed E-state index contributed by atoms with van der Waals surface area (Å²) in [6, 6.07) is 0.146. The number of hydrogen-bond acceptors (Lipinski definition) is 0. The van der Waals surface area contributed by atoms with E-state index < -0.39 is 8.74 Å². The van der Waals surface area contributed by atoms with Crippen LogP contribution in [0.3, 0.4) is 0 Å². The highest BCUT2D eigenvalue weighted by Gasteiger charge is 2.33. The largest absolute Gasteiger partial charge is 0.448 e. The van der Waals surface area contributed by atoms with E-state index in [-0.39, 0.29) is 6.04 Å². The normalized spacial score (nSPS) is 26.0. The first-order chi connectivity index (χ1) is 3.21. The molecular weight excluding hydrogens is 114 g/mol. The molecule has 0 aromatic carbocycles. The molecule has 1 rings (SSSR count). The molecule has 3 heteroatoms. The summed E-state index contributed by atoms with van der Waals surface area (Å²) in [5, 5.41) is 0. The van der Waals surface area contributed by atoms with Crippen LogP contribution in [0.2, 0.25) is 6.04 Å². The highest BCUT2D eigenvalue weighted by Crippen LogP contribution is 2.23. The van der Waals surface area contributed by atoms with Gasteiger partial charge in [-0.15, -0.1) is 0 Å². The molecule has 7 heavy (non-hydrogen) atoms. The Balaban J connectivity index is 2.57. The maximum Gasteiger partial charge on any atom is 0.448 e. The van der Waals surface area contributed by atoms with Crippen LogP contribution in [-0.4, -0.2) is 8.74 Å². The lowest BCUT2D eigenvalue weighted by molar-refractivity contribution is 0.625. The van der Waals surface area contributed by atoms with Crippen LogP contribution in [-0.2, 0) is 0 Å². The zero-order chi connectivity index (χ0) is 5.33. The van der Waals surface area contributed by atoms with Crippen LogP contribution in [0, 0.1) is 0 Å². The minimum Gasteiger partial charge on any atom is -0.265 e. The van der Waals surface area contributed by atoms with E-state index in [9.17, 15) is 8.22 Å². The van der Waals surface area contributed by atoms with E-state index >= 15 is 0 Å². The van der Waals surface area contributed by atoms with Crippen molar-refractivity contribution in [2.24, 2.45) is 0 Å². The second-order valence-corrected chi connectivity index (χ2v) is 4.06. The molecule has 0 radical (unpaired) electrons. The van der Waals surface area contributed by atoms with Gasteiger partial charge in [0.2, 0.25) is 0 Å². The summed E-state index contributed by atoms with van der Waals surface area (Å²) in [5.41, 5.74) is 1.10. The van der Waals surface area contributed by atoms with Gasteiger partial charge < -0.3 is 0 Å². The van der Waals surface area contributed by atoms with Gasteiger partial charge in [-0.3, -0.25) is 8.22 Å². The van der Waals surface area contributed by atoms with Gasteiger partial charge in [0.15, 0.2) is 0 Å². The smallest absolute Gasteiger partial charge is 0.265 e. The van der Waals surface area contributed by atoms with Crippen LogP contribution in [0.15, 0.2) is 11.8 Å². The third-order valence-electron chi connectivity index (χ3n) is 1.01. The zero-order valence-electron chi connectivity index (χ0n) is 3.82. The molecular formula is C4H6F2Si. The Morgan fingerprint density at radius 3 is 2.29 bits per heavy atom. The highest BCUT2D eigenvalue weighted by molar-refractivity contribution is 6.72. The summed E-state index contributed by atoms with van der Waals surface area (Å²) in [6.07, 6.45) is 2.17. The molecule has 0 N–H and O–H groups in total. The molecule has 1 aliphatic rings. The summed E-state index contributed by atoms with van der Waals surface area (Å²) in [5.74, 6) is 0. The van der Waals surface area contributed by atoms with Crippen LogP contribution in [0.1, 0.15) is 6.42 Å². The fraction of sp³-hybridized carbons (Fsp3) is 0.500. The topological polar surface area (TPSA) is 0 Å². The van der Waals surface area contributed by atoms with Crippen molar-refractivity contribution < 1.29 is 8.22 Å². The number of hydrogen-bond donors (Lipinski definition) is 0. The van der Waals surface area contributed by atoms with Crippen molar-refractivity contribution in [1.82, 2.24) is 0 Å². The van der Waals surface area contributed by atoms with Gasteiger partial charge in [-0.05, 0) is 12.1 Å². The standard InChI is InChI=1S/C4H6F2Si/c5-7(6)3-1-2-4-7/h1,3H,2,4H2. The quantitative estimate of drug-likeness (QED) is 0.338. The summed E-state index contributed by atoms with van der Waals surface area (Å²) >= 11 is 0. The van der Waals surface area contributed by atoms with Gasteiger partial charge in [-0.25, -0.2) is 0 Å². The molecule has 0 saturated heterocycles. The van der Waals surface area contributed by atoms with Crippen molar-refractivity contribution in [1.29, 1.82) is 0 Å². The van der Waals surface area contributed by atoms with E-state index in [1.165, 1.54) is 0 Å². The summed E-state index contributed by atoms with van der Waals surface area (Å²) in [6.45, 7) is 0. The molecule has 0 amide bonds. The lowest BCUT2D eigenvalue weighted by Gasteiger charge is -1.95. The maximum absolute atomic E-state index is 12.0. The molecule has 0 saturated carbocycles. The zero-order valence-corrected chi connectivity index (χ0v) is 4.82. The number of halogens is 2. The lowest BCUT2D eigenvalue weighted by atomic mass is 10.5. The lowest BCUT2D eigenvalue weighted by Crippen LogP contribution is -2.13. The summed E-state index contributed by atoms with van der Waals surface area (Å²) in [4.78, 5) is 0. The van der Waals surface area contributed by atoms with E-state index in [4.69, 9.17) is 0 Å². The Hall–Kier alpha value is -0.183. The minimum atomic E-state index is -3.72. The average molecular weight is 120 g/mol. The molecule has 40 valence electrons. The average Bonchev–Trinajstić information content (AvgIpc) is 1.84. The van der Waals surface area contributed by atoms with E-state index in [1.54, 1.807) is 6.08 Å². The van der Waals surface area contributed by atoms with Gasteiger partial charge in [0.1, 0.15) is 0 Å². The predicted molar refractivity (Wildman–Crippen MR) is 26.5 cm³/mol. The Labute approximate surface area is 42.2 Å². The van der Waals surface area contributed by atoms with Crippen molar-refractivity contribution in [3.63, 3.8) is 0 Å². The number of rotatable bonds is 0. The van der Waals surface area contributed by atoms with Crippen LogP contribution in [0.5, 0.6) is 0 Å². The van der Waals surface area contributed by atoms with E-state index in [2.05, 4.69) is 0 Å². The molecule has 0 nitrogen and oxygen atoms in total. The highest BCUT2D eigenvalue weighted by atomic mass is 28.4. The summed E-state index contributed by atoms with van der Waals surface area (Å²) in [7, 11) is -3.72. The first-order valence-electron chi connectivity index (χ1n) is 2.26. The van der Waals surface area contributed by atoms with Crippen molar-refractivity contribution in [2.45, 2.75) is 12.5 Å². The summed E-state index contributed by atoms with van der Waals surface area (Å²) < 4.78 is 24.0. The van der Waals surface area contributed by atoms with E-state index in [0.717, 1.165) is 5.70 Å². The van der Waals surface area contributed by atoms with Crippen molar-refractivity contribution >= 4 is 8.74 Å². The van der Waals surface area contributed by atoms with Gasteiger partial charge in [0.25, 0.3) is 0 Å². The van der Waals surface area contributed by atoms with Gasteiger partial charge in [-0.1, -0.05) is 6.08 Å². The monoisotopic (exact) mass is 120 g/mol. The fourth-order valence-electron chi connectivity index (χ4n) is 0.615. The van der Waals surface area contributed by atoms with Gasteiger partial charge >= 0.3 is 8.74 Å². The molecule has 0 atom stereocenters. The Morgan fingerprint density at radius 2 is 2.14 bits per heavy atom. The Morgan fingerprint density at radius 1 is 1.43 bits per heavy atom. The molecule has 0 aliphatic carbocycles. The van der Waals surface area contributed by atoms with E-state index in [0.29, 0.717) is 6.42 Å². The van der Waals surface area contributed by atoms with Crippen molar-refractivity contribution in [2.75, 3.05) is 0 Å². The van der Waals surface area contributed by atoms with Crippen LogP contribution in [0.4, 0.5) is 8.22 Å². The SMILES string of the molecule is F[Si]1(F)C=CCC1. The Kier molecular flexibility index (Phi) is 0.993. The van der Waals surface area contributed by atoms with Crippen LogP contribution in [0.25, 0.3) is 0 Å². The first kappa shape index (κ1) is 4.96. The van der Waals surface area contributed by atoms with E-state index in [1.807, 2.05) is 0 Å². The molecule has 1 aliphatic heterocycles. The van der Waals surface area contributed by atoms with Crippen molar-refractivity contribution in [3.8, 4) is 0 Å². The second-order valence-electron chi connectivity index (χ2n) is 1.70. The third-order valence-corrected chi connectivity index (χ3v) is 2.68. The van der Waals surface area contributed by atoms with Gasteiger partial charge in [-0.2, -0.15) is 0 Å². The van der Waals surface area contributed by atoms with Crippen LogP contribution < -0.4 is 0 Å². The predicted octanol–water partition coefficient (Wildman–Crippen LogP) is 1.87. The van der Waals surface area contributed by atoms with Gasteiger partial charge in [0, 0.05) is 6.04 Å². The molecule has 0 fully saturated rings. The number of allylic oxidation sites excluding steroid dienone is 1. The molecule has 0 unspecified atom stereocenters. The molecule has 0 spiro atoms. The van der Waals surface area contributed by atoms with Gasteiger partial charge in [0.05, 0.1) is 0 Å². The van der Waals surface area contributed by atoms with Crippen LogP contribution >= 0.6 is 0 Å². The minimum absolute atomic E-state index is 0.146. The third kappa shape index (κ3) is 1.09. The first-order valence-corrected chi connectivity index (χ1v) is 4.30.